The van der Waals surface area contributed by atoms with Gasteiger partial charge < -0.3 is 39.3 Å². The molecule has 0 heterocycles. The quantitative estimate of drug-likeness (QED) is 0.132. The van der Waals surface area contributed by atoms with Crippen molar-refractivity contribution in [2.24, 2.45) is 11.7 Å². The van der Waals surface area contributed by atoms with Crippen LogP contribution in [0.2, 0.25) is 0 Å². The zero-order valence-corrected chi connectivity index (χ0v) is 22.6. The van der Waals surface area contributed by atoms with Crippen LogP contribution < -0.4 is 15.2 Å². The molecule has 0 radical (unpaired) electrons. The first-order valence-electron chi connectivity index (χ1n) is 12.7. The van der Waals surface area contributed by atoms with Crippen molar-refractivity contribution < 1.29 is 52.7 Å². The number of aliphatic carboxylic acids is 1. The molecule has 0 aromatic heterocycles. The Morgan fingerprint density at radius 1 is 0.842 bits per heavy atom. The highest BCUT2D eigenvalue weighted by Crippen LogP contribution is 2.37. The van der Waals surface area contributed by atoms with Crippen molar-refractivity contribution in [3.63, 3.8) is 0 Å². The van der Waals surface area contributed by atoms with Crippen LogP contribution in [0.1, 0.15) is 71.8 Å². The van der Waals surface area contributed by atoms with E-state index in [0.717, 1.165) is 19.3 Å². The van der Waals surface area contributed by atoms with Gasteiger partial charge >= 0.3 is 24.4 Å². The molecule has 12 nitrogen and oxygen atoms in total. The van der Waals surface area contributed by atoms with Crippen molar-refractivity contribution in [2.45, 2.75) is 78.4 Å². The van der Waals surface area contributed by atoms with E-state index in [1.807, 2.05) is 0 Å². The molecule has 0 aliphatic heterocycles. The Morgan fingerprint density at radius 3 is 2.00 bits per heavy atom. The fourth-order valence-corrected chi connectivity index (χ4v) is 3.63. The molecule has 214 valence electrons. The number of carboxylic acid groups (broad SMARTS) is 1. The average molecular weight is 542 g/mol. The minimum atomic E-state index is -1.42. The van der Waals surface area contributed by atoms with Crippen LogP contribution >= 0.6 is 0 Å². The molecule has 1 unspecified atom stereocenters. The van der Waals surface area contributed by atoms with Gasteiger partial charge in [0.25, 0.3) is 0 Å². The van der Waals surface area contributed by atoms with Crippen molar-refractivity contribution in [2.75, 3.05) is 19.8 Å². The normalized spacial score (nSPS) is 13.8. The Bertz CT molecular complexity index is 920. The zero-order valence-electron chi connectivity index (χ0n) is 22.6. The lowest BCUT2D eigenvalue weighted by molar-refractivity contribution is -0.139. The molecule has 0 aliphatic carbocycles. The van der Waals surface area contributed by atoms with Crippen LogP contribution in [-0.4, -0.2) is 61.5 Å². The largest absolute Gasteiger partial charge is 0.513 e. The van der Waals surface area contributed by atoms with Gasteiger partial charge in [-0.2, -0.15) is 0 Å². The lowest BCUT2D eigenvalue weighted by Gasteiger charge is -2.31. The Hall–Kier alpha value is -3.54. The number of benzene rings is 1. The first-order chi connectivity index (χ1) is 18.0. The molecule has 12 heteroatoms. The summed E-state index contributed by atoms with van der Waals surface area (Å²) in [4.78, 5) is 47.9. The first kappa shape index (κ1) is 32.5. The summed E-state index contributed by atoms with van der Waals surface area (Å²) >= 11 is 0. The van der Waals surface area contributed by atoms with E-state index in [1.54, 1.807) is 27.7 Å². The van der Waals surface area contributed by atoms with Crippen LogP contribution in [-0.2, 0) is 23.7 Å². The van der Waals surface area contributed by atoms with Gasteiger partial charge in [-0.25, -0.2) is 14.4 Å². The predicted octanol–water partition coefficient (Wildman–Crippen LogP) is 5.01. The minimum Gasteiger partial charge on any atom is -0.480 e. The molecule has 0 fully saturated rings. The smallest absolute Gasteiger partial charge is 0.480 e. The standard InChI is InChI=1S/C26H39NO11/c1-6-9-10-11-14-35-26(32)36-17(5)16(4)21(22(27)23(28)29)18-12-13-19(37-24(30)33-7-2)20(15-18)38-25(31)34-8-3/h12-13,15-17,21-22H,6-11,14,27H2,1-5H3,(H,28,29)/t16-,17+,21?,22-/m0/s1. The van der Waals surface area contributed by atoms with Gasteiger partial charge in [0, 0.05) is 11.8 Å². The molecule has 0 bridgehead atoms. The van der Waals surface area contributed by atoms with Crippen molar-refractivity contribution in [3.05, 3.63) is 23.8 Å². The first-order valence-corrected chi connectivity index (χ1v) is 12.7. The Kier molecular flexibility index (Phi) is 14.6. The molecule has 0 saturated carbocycles. The van der Waals surface area contributed by atoms with E-state index >= 15 is 0 Å². The van der Waals surface area contributed by atoms with E-state index in [0.29, 0.717) is 12.0 Å². The third-order valence-electron chi connectivity index (χ3n) is 5.74. The van der Waals surface area contributed by atoms with Gasteiger partial charge in [-0.15, -0.1) is 0 Å². The maximum absolute atomic E-state index is 12.2. The van der Waals surface area contributed by atoms with Crippen LogP contribution in [0.5, 0.6) is 11.5 Å². The molecule has 1 aromatic carbocycles. The molecule has 1 aromatic rings. The SMILES string of the molecule is CCCCCCOC(=O)O[C@H](C)[C@H](C)C(c1ccc(OC(=O)OCC)c(OC(=O)OCC)c1)[C@H](N)C(=O)O. The van der Waals surface area contributed by atoms with Gasteiger partial charge in [0.05, 0.1) is 19.8 Å². The fourth-order valence-electron chi connectivity index (χ4n) is 3.63. The Morgan fingerprint density at radius 2 is 1.45 bits per heavy atom. The van der Waals surface area contributed by atoms with Crippen molar-refractivity contribution in [1.82, 2.24) is 0 Å². The number of unbranched alkanes of at least 4 members (excludes halogenated alkanes) is 3. The van der Waals surface area contributed by atoms with E-state index in [-0.39, 0.29) is 31.3 Å². The Labute approximate surface area is 222 Å². The second-order valence-corrected chi connectivity index (χ2v) is 8.51. The van der Waals surface area contributed by atoms with Gasteiger partial charge in [-0.05, 0) is 44.9 Å². The van der Waals surface area contributed by atoms with Gasteiger partial charge in [-0.3, -0.25) is 4.79 Å². The summed E-state index contributed by atoms with van der Waals surface area (Å²) in [7, 11) is 0. The molecule has 0 spiro atoms. The molecule has 0 aliphatic rings. The van der Waals surface area contributed by atoms with Gasteiger partial charge in [-0.1, -0.05) is 39.2 Å². The number of rotatable bonds is 15. The zero-order chi connectivity index (χ0) is 28.7. The molecule has 3 N–H and O–H groups in total. The summed E-state index contributed by atoms with van der Waals surface area (Å²) < 4.78 is 30.4. The Balaban J connectivity index is 3.21. The van der Waals surface area contributed by atoms with Gasteiger partial charge in [0.1, 0.15) is 12.1 Å². The van der Waals surface area contributed by atoms with E-state index in [1.165, 1.54) is 18.2 Å². The highest BCUT2D eigenvalue weighted by molar-refractivity contribution is 5.75. The number of nitrogens with two attached hydrogens (primary N) is 1. The van der Waals surface area contributed by atoms with E-state index in [9.17, 15) is 24.3 Å². The van der Waals surface area contributed by atoms with Crippen molar-refractivity contribution in [3.8, 4) is 11.5 Å². The summed E-state index contributed by atoms with van der Waals surface area (Å²) in [6.07, 6.45) is -0.0365. The summed E-state index contributed by atoms with van der Waals surface area (Å²) in [6.45, 7) is 8.80. The number of carboxylic acids is 1. The number of hydrogen-bond acceptors (Lipinski definition) is 11. The van der Waals surface area contributed by atoms with Crippen LogP contribution in [0.3, 0.4) is 0 Å². The minimum absolute atomic E-state index is 0.0275. The third-order valence-corrected chi connectivity index (χ3v) is 5.74. The highest BCUT2D eigenvalue weighted by Gasteiger charge is 2.36. The van der Waals surface area contributed by atoms with Gasteiger partial charge in [0.15, 0.2) is 11.5 Å². The number of carbonyl (C=O) groups excluding carboxylic acids is 3. The molecular formula is C26H39NO11. The summed E-state index contributed by atoms with van der Waals surface area (Å²) in [6, 6.07) is 2.67. The second kappa shape index (κ2) is 17.1. The van der Waals surface area contributed by atoms with E-state index in [2.05, 4.69) is 6.92 Å². The van der Waals surface area contributed by atoms with Crippen molar-refractivity contribution >= 4 is 24.4 Å². The summed E-state index contributed by atoms with van der Waals surface area (Å²) in [5, 5.41) is 9.68. The van der Waals surface area contributed by atoms with E-state index in [4.69, 9.17) is 34.2 Å². The molecule has 1 rings (SSSR count). The van der Waals surface area contributed by atoms with Crippen LogP contribution in [0.4, 0.5) is 14.4 Å². The average Bonchev–Trinajstić information content (AvgIpc) is 2.85. The predicted molar refractivity (Wildman–Crippen MR) is 135 cm³/mol. The molecule has 4 atom stereocenters. The second-order valence-electron chi connectivity index (χ2n) is 8.51. The van der Waals surface area contributed by atoms with Gasteiger partial charge in [0.2, 0.25) is 0 Å². The maximum atomic E-state index is 12.2. The summed E-state index contributed by atoms with van der Waals surface area (Å²) in [5.74, 6) is -3.22. The highest BCUT2D eigenvalue weighted by atomic mass is 16.7. The van der Waals surface area contributed by atoms with Crippen LogP contribution in [0.25, 0.3) is 0 Å². The number of carbonyl (C=O) groups is 4. The van der Waals surface area contributed by atoms with Crippen LogP contribution in [0, 0.1) is 5.92 Å². The third kappa shape index (κ3) is 10.8. The van der Waals surface area contributed by atoms with E-state index < -0.39 is 48.4 Å². The topological polar surface area (TPSA) is 170 Å². The summed E-state index contributed by atoms with van der Waals surface area (Å²) in [5.41, 5.74) is 6.36. The maximum Gasteiger partial charge on any atom is 0.513 e. The lowest BCUT2D eigenvalue weighted by Crippen LogP contribution is -2.42. The lowest BCUT2D eigenvalue weighted by atomic mass is 9.79. The van der Waals surface area contributed by atoms with Crippen molar-refractivity contribution in [1.29, 1.82) is 0 Å². The fraction of sp³-hybridized carbons (Fsp3) is 0.615. The monoisotopic (exact) mass is 541 g/mol. The molecule has 0 amide bonds. The molecule has 0 saturated heterocycles. The number of hydrogen-bond donors (Lipinski definition) is 2. The van der Waals surface area contributed by atoms with Crippen LogP contribution in [0.15, 0.2) is 18.2 Å². The molecule has 38 heavy (non-hydrogen) atoms. The number of ether oxygens (including phenoxy) is 6. The molecular weight excluding hydrogens is 502 g/mol.